The average Bonchev–Trinajstić information content (AvgIpc) is 3.12. The van der Waals surface area contributed by atoms with Crippen LogP contribution in [0.1, 0.15) is 41.4 Å². The Morgan fingerprint density at radius 1 is 1.06 bits per heavy atom. The van der Waals surface area contributed by atoms with E-state index in [-0.39, 0.29) is 17.5 Å². The zero-order valence-corrected chi connectivity index (χ0v) is 18.8. The van der Waals surface area contributed by atoms with Crippen molar-refractivity contribution in [2.75, 3.05) is 10.6 Å². The maximum atomic E-state index is 15.5. The molecule has 0 spiro atoms. The monoisotopic (exact) mass is 457 g/mol. The Labute approximate surface area is 196 Å². The zero-order valence-electron chi connectivity index (χ0n) is 18.8. The second-order valence-corrected chi connectivity index (χ2v) is 8.39. The molecule has 7 nitrogen and oxygen atoms in total. The summed E-state index contributed by atoms with van der Waals surface area (Å²) in [7, 11) is 0. The van der Waals surface area contributed by atoms with Gasteiger partial charge in [0.1, 0.15) is 24.4 Å². The van der Waals surface area contributed by atoms with Crippen LogP contribution >= 0.6 is 0 Å². The number of nitrogens with two attached hydrogens (primary N) is 1. The van der Waals surface area contributed by atoms with E-state index in [1.165, 1.54) is 12.4 Å². The van der Waals surface area contributed by atoms with Crippen molar-refractivity contribution in [3.8, 4) is 11.6 Å². The van der Waals surface area contributed by atoms with Gasteiger partial charge in [0, 0.05) is 12.0 Å². The van der Waals surface area contributed by atoms with Gasteiger partial charge < -0.3 is 20.5 Å². The highest BCUT2D eigenvalue weighted by atomic mass is 19.1. The number of hydrogen-bond acceptors (Lipinski definition) is 7. The van der Waals surface area contributed by atoms with Crippen LogP contribution < -0.4 is 15.4 Å². The molecule has 0 aliphatic carbocycles. The van der Waals surface area contributed by atoms with Crippen molar-refractivity contribution >= 4 is 17.1 Å². The summed E-state index contributed by atoms with van der Waals surface area (Å²) in [5.74, 6) is -0.486. The fraction of sp³-hybridized carbons (Fsp3) is 0.192. The minimum Gasteiger partial charge on any atom is -0.492 e. The van der Waals surface area contributed by atoms with Gasteiger partial charge in [0.05, 0.1) is 35.0 Å². The summed E-state index contributed by atoms with van der Waals surface area (Å²) in [6, 6.07) is 15.8. The van der Waals surface area contributed by atoms with Crippen molar-refractivity contribution in [1.82, 2.24) is 15.0 Å². The van der Waals surface area contributed by atoms with E-state index in [4.69, 9.17) is 10.5 Å². The summed E-state index contributed by atoms with van der Waals surface area (Å²) < 4.78 is 21.3. The molecule has 2 aromatic heterocycles. The Kier molecular flexibility index (Phi) is 5.49. The lowest BCUT2D eigenvalue weighted by Crippen LogP contribution is -2.24. The molecular formula is C26H24FN5O2. The van der Waals surface area contributed by atoms with E-state index in [2.05, 4.69) is 15.0 Å². The quantitative estimate of drug-likeness (QED) is 0.426. The van der Waals surface area contributed by atoms with Crippen molar-refractivity contribution < 1.29 is 14.2 Å². The van der Waals surface area contributed by atoms with Crippen LogP contribution in [0.3, 0.4) is 0 Å². The molecule has 0 fully saturated rings. The van der Waals surface area contributed by atoms with Crippen molar-refractivity contribution in [2.24, 2.45) is 0 Å². The van der Waals surface area contributed by atoms with Crippen molar-refractivity contribution in [3.05, 3.63) is 95.5 Å². The number of ether oxygens (including phenoxy) is 1. The third kappa shape index (κ3) is 3.77. The molecule has 34 heavy (non-hydrogen) atoms. The molecule has 1 aliphatic rings. The first kappa shape index (κ1) is 21.6. The number of rotatable bonds is 5. The number of aryl methyl sites for hydroxylation is 1. The first-order chi connectivity index (χ1) is 16.4. The standard InChI is InChI=1S/C26H24FN5O2/c1-15-10-18(28)12-29-22(15)24-16(2)23-25(26(33)31-14-30-23)32(24)21-9-8-19(11-20(21)27)34-13-17-6-4-3-5-7-17/h3-12,14,16,24H,13,28H2,1-2H3,(H,30,31,33). The average molecular weight is 458 g/mol. The normalized spacial score (nSPS) is 17.0. The molecule has 0 saturated carbocycles. The summed E-state index contributed by atoms with van der Waals surface area (Å²) >= 11 is 0. The van der Waals surface area contributed by atoms with E-state index in [1.807, 2.05) is 50.2 Å². The molecule has 0 radical (unpaired) electrons. The van der Waals surface area contributed by atoms with Crippen molar-refractivity contribution in [1.29, 1.82) is 0 Å². The molecule has 3 N–H and O–H groups in total. The van der Waals surface area contributed by atoms with Crippen LogP contribution in [0.4, 0.5) is 21.5 Å². The summed E-state index contributed by atoms with van der Waals surface area (Å²) in [6.45, 7) is 4.21. The fourth-order valence-electron chi connectivity index (χ4n) is 4.52. The molecule has 0 amide bonds. The van der Waals surface area contributed by atoms with Gasteiger partial charge in [0.15, 0.2) is 5.82 Å². The van der Waals surface area contributed by atoms with Gasteiger partial charge in [-0.15, -0.1) is 0 Å². The fourth-order valence-corrected chi connectivity index (χ4v) is 4.52. The van der Waals surface area contributed by atoms with E-state index >= 15 is 4.39 Å². The molecule has 5 rings (SSSR count). The Hall–Kier alpha value is -4.20. The largest absolute Gasteiger partial charge is 0.492 e. The van der Waals surface area contributed by atoms with Gasteiger partial charge in [-0.25, -0.2) is 14.4 Å². The summed E-state index contributed by atoms with van der Waals surface area (Å²) in [6.07, 6.45) is 2.89. The van der Waals surface area contributed by atoms with Crippen LogP contribution in [0.15, 0.2) is 67.1 Å². The van der Waals surface area contributed by atoms with E-state index in [0.717, 1.165) is 16.8 Å². The summed E-state index contributed by atoms with van der Waals surface area (Å²) in [5.41, 5.74) is 10.3. The topological polar surface area (TPSA) is 97.4 Å². The van der Waals surface area contributed by atoms with Gasteiger partial charge >= 0.3 is 0 Å². The number of nitrogens with zero attached hydrogens (tertiary/aromatic N) is 4. The van der Waals surface area contributed by atoms with Crippen LogP contribution in [0.25, 0.3) is 0 Å². The highest BCUT2D eigenvalue weighted by Gasteiger charge is 2.43. The maximum absolute atomic E-state index is 15.5. The molecule has 3 heterocycles. The first-order valence-corrected chi connectivity index (χ1v) is 11.0. The van der Waals surface area contributed by atoms with Gasteiger partial charge in [0.2, 0.25) is 5.88 Å². The third-order valence-electron chi connectivity index (χ3n) is 6.10. The molecule has 0 bridgehead atoms. The number of halogens is 1. The number of fused-ring (bicyclic) bond motifs is 1. The van der Waals surface area contributed by atoms with E-state index in [0.29, 0.717) is 29.4 Å². The Morgan fingerprint density at radius 3 is 2.59 bits per heavy atom. The number of hydrogen-bond donors (Lipinski definition) is 2. The van der Waals surface area contributed by atoms with Gasteiger partial charge in [-0.3, -0.25) is 4.98 Å². The van der Waals surface area contributed by atoms with E-state index in [1.54, 1.807) is 23.2 Å². The van der Waals surface area contributed by atoms with Crippen molar-refractivity contribution in [2.45, 2.75) is 32.4 Å². The number of aromatic hydroxyl groups is 1. The molecule has 4 aromatic rings. The Morgan fingerprint density at radius 2 is 1.85 bits per heavy atom. The Bertz CT molecular complexity index is 1350. The van der Waals surface area contributed by atoms with Crippen LogP contribution in [0, 0.1) is 12.7 Å². The van der Waals surface area contributed by atoms with Crippen LogP contribution in [-0.4, -0.2) is 20.1 Å². The zero-order chi connectivity index (χ0) is 23.8. The third-order valence-corrected chi connectivity index (χ3v) is 6.10. The maximum Gasteiger partial charge on any atom is 0.238 e. The van der Waals surface area contributed by atoms with Gasteiger partial charge in [-0.05, 0) is 36.2 Å². The van der Waals surface area contributed by atoms with Crippen molar-refractivity contribution in [3.63, 3.8) is 0 Å². The van der Waals surface area contributed by atoms with Gasteiger partial charge in [-0.2, -0.15) is 0 Å². The molecule has 2 unspecified atom stereocenters. The predicted octanol–water partition coefficient (Wildman–Crippen LogP) is 5.18. The van der Waals surface area contributed by atoms with Crippen LogP contribution in [0.2, 0.25) is 0 Å². The second-order valence-electron chi connectivity index (χ2n) is 8.39. The smallest absolute Gasteiger partial charge is 0.238 e. The summed E-state index contributed by atoms with van der Waals surface area (Å²) in [4.78, 5) is 14.6. The number of benzene rings is 2. The van der Waals surface area contributed by atoms with Gasteiger partial charge in [0.25, 0.3) is 0 Å². The van der Waals surface area contributed by atoms with Crippen LogP contribution in [-0.2, 0) is 6.61 Å². The lowest BCUT2D eigenvalue weighted by atomic mass is 9.95. The molecular weight excluding hydrogens is 433 g/mol. The first-order valence-electron chi connectivity index (χ1n) is 11.0. The minimum atomic E-state index is -0.494. The summed E-state index contributed by atoms with van der Waals surface area (Å²) in [5, 5.41) is 10.6. The molecule has 2 aromatic carbocycles. The number of nitrogen functional groups attached to an aromatic ring is 1. The van der Waals surface area contributed by atoms with Crippen LogP contribution in [0.5, 0.6) is 11.6 Å². The number of aromatic nitrogens is 3. The predicted molar refractivity (Wildman–Crippen MR) is 128 cm³/mol. The van der Waals surface area contributed by atoms with Gasteiger partial charge in [-0.1, -0.05) is 37.3 Å². The molecule has 2 atom stereocenters. The number of pyridine rings is 1. The lowest BCUT2D eigenvalue weighted by Gasteiger charge is -2.30. The highest BCUT2D eigenvalue weighted by Crippen LogP contribution is 2.54. The molecule has 1 aliphatic heterocycles. The highest BCUT2D eigenvalue weighted by molar-refractivity contribution is 5.76. The minimum absolute atomic E-state index is 0.188. The molecule has 8 heteroatoms. The second kappa shape index (κ2) is 8.62. The van der Waals surface area contributed by atoms with E-state index in [9.17, 15) is 5.11 Å². The number of anilines is 3. The van der Waals surface area contributed by atoms with E-state index < -0.39 is 11.9 Å². The lowest BCUT2D eigenvalue weighted by molar-refractivity contribution is 0.304. The Balaban J connectivity index is 1.55. The molecule has 0 saturated heterocycles. The SMILES string of the molecule is Cc1cc(N)cnc1C1C(C)c2ncnc(O)c2N1c1ccc(OCc2ccccc2)cc1F. The molecule has 172 valence electrons.